The van der Waals surface area contributed by atoms with Crippen molar-refractivity contribution in [2.45, 2.75) is 46.0 Å². The molecule has 1 spiro atoms. The van der Waals surface area contributed by atoms with Crippen molar-refractivity contribution in [2.75, 3.05) is 14.2 Å². The third-order valence-electron chi connectivity index (χ3n) is 7.57. The molecule has 2 saturated carbocycles. The first-order valence-corrected chi connectivity index (χ1v) is 9.27. The lowest BCUT2D eigenvalue weighted by Crippen LogP contribution is -2.56. The Morgan fingerprint density at radius 2 is 1.76 bits per heavy atom. The van der Waals surface area contributed by atoms with E-state index in [4.69, 9.17) is 9.47 Å². The molecule has 0 aliphatic heterocycles. The molecule has 2 fully saturated rings. The topological polar surface area (TPSA) is 35.5 Å². The van der Waals surface area contributed by atoms with Crippen molar-refractivity contribution in [2.24, 2.45) is 22.2 Å². The number of rotatable bonds is 3. The Labute approximate surface area is 150 Å². The predicted molar refractivity (Wildman–Crippen MR) is 98.1 cm³/mol. The first-order valence-electron chi connectivity index (χ1n) is 9.27. The molecule has 1 aromatic carbocycles. The number of hydrogen-bond donors (Lipinski definition) is 0. The zero-order valence-corrected chi connectivity index (χ0v) is 15.9. The molecule has 3 aliphatic rings. The summed E-state index contributed by atoms with van der Waals surface area (Å²) in [6, 6.07) is 5.99. The van der Waals surface area contributed by atoms with Crippen LogP contribution in [-0.4, -0.2) is 20.0 Å². The molecule has 0 N–H and O–H groups in total. The van der Waals surface area contributed by atoms with Gasteiger partial charge in [0.05, 0.1) is 14.2 Å². The number of benzene rings is 1. The third-order valence-corrected chi connectivity index (χ3v) is 7.57. The molecule has 4 atom stereocenters. The number of ketones is 1. The van der Waals surface area contributed by atoms with E-state index in [0.29, 0.717) is 17.3 Å². The van der Waals surface area contributed by atoms with Crippen molar-refractivity contribution in [1.29, 1.82) is 0 Å². The van der Waals surface area contributed by atoms with E-state index < -0.39 is 0 Å². The number of allylic oxidation sites excluding steroid dienone is 2. The Morgan fingerprint density at radius 3 is 2.36 bits per heavy atom. The minimum absolute atomic E-state index is 0.00678. The second kappa shape index (κ2) is 5.12. The summed E-state index contributed by atoms with van der Waals surface area (Å²) in [4.78, 5) is 13.5. The van der Waals surface area contributed by atoms with Crippen molar-refractivity contribution in [1.82, 2.24) is 0 Å². The van der Waals surface area contributed by atoms with Gasteiger partial charge < -0.3 is 9.47 Å². The van der Waals surface area contributed by atoms with E-state index in [1.54, 1.807) is 14.2 Å². The van der Waals surface area contributed by atoms with Crippen molar-refractivity contribution in [3.8, 4) is 11.5 Å². The number of hydrogen-bond acceptors (Lipinski definition) is 3. The maximum absolute atomic E-state index is 13.5. The first-order chi connectivity index (χ1) is 11.8. The summed E-state index contributed by atoms with van der Waals surface area (Å²) in [5.74, 6) is 1.78. The van der Waals surface area contributed by atoms with Crippen molar-refractivity contribution < 1.29 is 14.3 Å². The van der Waals surface area contributed by atoms with Crippen LogP contribution in [0.15, 0.2) is 30.4 Å². The van der Waals surface area contributed by atoms with E-state index in [2.05, 4.69) is 39.0 Å². The van der Waals surface area contributed by atoms with Crippen molar-refractivity contribution in [3.63, 3.8) is 0 Å². The van der Waals surface area contributed by atoms with E-state index in [-0.39, 0.29) is 28.1 Å². The fourth-order valence-corrected chi connectivity index (χ4v) is 6.42. The quantitative estimate of drug-likeness (QED) is 0.744. The SMILES string of the molecule is COc1ccc(C2C(=O)[C@H]3C=C[C@]34C(C)(C)CCC[C@]24C)cc1OC. The molecule has 0 heterocycles. The molecule has 4 rings (SSSR count). The Morgan fingerprint density at radius 1 is 1.04 bits per heavy atom. The first kappa shape index (κ1) is 16.7. The van der Waals surface area contributed by atoms with Crippen LogP contribution in [0.4, 0.5) is 0 Å². The summed E-state index contributed by atoms with van der Waals surface area (Å²) in [6.07, 6.45) is 7.98. The lowest BCUT2D eigenvalue weighted by molar-refractivity contribution is -0.123. The molecule has 1 aromatic rings. The second-order valence-corrected chi connectivity index (χ2v) is 8.81. The summed E-state index contributed by atoms with van der Waals surface area (Å²) in [5, 5.41) is 0. The van der Waals surface area contributed by atoms with Crippen LogP contribution in [-0.2, 0) is 4.79 Å². The Hall–Kier alpha value is -1.77. The smallest absolute Gasteiger partial charge is 0.161 e. The van der Waals surface area contributed by atoms with Gasteiger partial charge in [0.25, 0.3) is 0 Å². The molecule has 0 bridgehead atoms. The molecule has 3 heteroatoms. The normalized spacial score (nSPS) is 37.9. The molecule has 0 aromatic heterocycles. The zero-order valence-electron chi connectivity index (χ0n) is 15.9. The van der Waals surface area contributed by atoms with E-state index in [1.165, 1.54) is 12.8 Å². The molecule has 134 valence electrons. The zero-order chi connectivity index (χ0) is 18.0. The molecular formula is C22H28O3. The molecule has 0 saturated heterocycles. The van der Waals surface area contributed by atoms with Crippen LogP contribution in [0.2, 0.25) is 0 Å². The lowest BCUT2D eigenvalue weighted by Gasteiger charge is -2.62. The van der Waals surface area contributed by atoms with E-state index in [1.807, 2.05) is 12.1 Å². The monoisotopic (exact) mass is 340 g/mol. The third kappa shape index (κ3) is 1.79. The molecule has 0 amide bonds. The molecular weight excluding hydrogens is 312 g/mol. The molecule has 25 heavy (non-hydrogen) atoms. The number of carbonyl (C=O) groups is 1. The highest BCUT2D eigenvalue weighted by atomic mass is 16.5. The molecule has 3 nitrogen and oxygen atoms in total. The van der Waals surface area contributed by atoms with Gasteiger partial charge in [-0.3, -0.25) is 4.79 Å². The van der Waals surface area contributed by atoms with E-state index in [9.17, 15) is 4.79 Å². The Kier molecular flexibility index (Phi) is 3.42. The van der Waals surface area contributed by atoms with Gasteiger partial charge in [0.15, 0.2) is 11.5 Å². The van der Waals surface area contributed by atoms with Crippen LogP contribution >= 0.6 is 0 Å². The summed E-state index contributed by atoms with van der Waals surface area (Å²) in [6.45, 7) is 7.05. The molecule has 1 unspecified atom stereocenters. The minimum Gasteiger partial charge on any atom is -0.493 e. The summed E-state index contributed by atoms with van der Waals surface area (Å²) in [7, 11) is 3.29. The lowest BCUT2D eigenvalue weighted by atomic mass is 9.41. The van der Waals surface area contributed by atoms with Crippen LogP contribution < -0.4 is 9.47 Å². The van der Waals surface area contributed by atoms with Gasteiger partial charge in [0, 0.05) is 17.3 Å². The fourth-order valence-electron chi connectivity index (χ4n) is 6.42. The van der Waals surface area contributed by atoms with Crippen LogP contribution in [0.1, 0.15) is 51.5 Å². The highest BCUT2D eigenvalue weighted by Gasteiger charge is 2.73. The Bertz CT molecular complexity index is 763. The summed E-state index contributed by atoms with van der Waals surface area (Å²) >= 11 is 0. The minimum atomic E-state index is -0.0770. The highest BCUT2D eigenvalue weighted by molar-refractivity contribution is 5.96. The number of ether oxygens (including phenoxy) is 2. The second-order valence-electron chi connectivity index (χ2n) is 8.81. The van der Waals surface area contributed by atoms with Gasteiger partial charge in [0.2, 0.25) is 0 Å². The summed E-state index contributed by atoms with van der Waals surface area (Å²) < 4.78 is 10.9. The number of Topliss-reactive ketones (excluding diaryl/α,β-unsaturated/α-hetero) is 1. The van der Waals surface area contributed by atoms with Gasteiger partial charge >= 0.3 is 0 Å². The number of carbonyl (C=O) groups excluding carboxylic acids is 1. The van der Waals surface area contributed by atoms with Gasteiger partial charge in [-0.25, -0.2) is 0 Å². The van der Waals surface area contributed by atoms with Crippen LogP contribution in [0.25, 0.3) is 0 Å². The van der Waals surface area contributed by atoms with Gasteiger partial charge in [0.1, 0.15) is 5.78 Å². The van der Waals surface area contributed by atoms with Crippen LogP contribution in [0.3, 0.4) is 0 Å². The van der Waals surface area contributed by atoms with Crippen LogP contribution in [0, 0.1) is 22.2 Å². The van der Waals surface area contributed by atoms with Crippen LogP contribution in [0.5, 0.6) is 11.5 Å². The van der Waals surface area contributed by atoms with E-state index >= 15 is 0 Å². The molecule has 0 radical (unpaired) electrons. The maximum Gasteiger partial charge on any atom is 0.161 e. The molecule has 3 aliphatic carbocycles. The average Bonchev–Trinajstić information content (AvgIpc) is 2.66. The standard InChI is InChI=1S/C22H28O3/c1-20(2)10-6-11-21(3)18(19(23)15-9-12-22(15,20)21)14-7-8-16(24-4)17(13-14)25-5/h7-9,12-13,15,18H,6,10-11H2,1-5H3/t15-,18?,21-,22-/m1/s1. The maximum atomic E-state index is 13.5. The van der Waals surface area contributed by atoms with E-state index in [0.717, 1.165) is 12.0 Å². The largest absolute Gasteiger partial charge is 0.493 e. The Balaban J connectivity index is 1.86. The van der Waals surface area contributed by atoms with Crippen molar-refractivity contribution in [3.05, 3.63) is 35.9 Å². The highest BCUT2D eigenvalue weighted by Crippen LogP contribution is 2.76. The van der Waals surface area contributed by atoms with Gasteiger partial charge in [-0.15, -0.1) is 0 Å². The fraction of sp³-hybridized carbons (Fsp3) is 0.591. The van der Waals surface area contributed by atoms with Gasteiger partial charge in [-0.05, 0) is 41.4 Å². The van der Waals surface area contributed by atoms with Gasteiger partial charge in [-0.1, -0.05) is 45.4 Å². The average molecular weight is 340 g/mol. The van der Waals surface area contributed by atoms with Crippen molar-refractivity contribution >= 4 is 5.78 Å². The number of methoxy groups -OCH3 is 2. The summed E-state index contributed by atoms with van der Waals surface area (Å²) in [5.41, 5.74) is 1.18. The predicted octanol–water partition coefficient (Wildman–Crippen LogP) is 4.76. The van der Waals surface area contributed by atoms with Gasteiger partial charge in [-0.2, -0.15) is 0 Å².